The third-order valence-electron chi connectivity index (χ3n) is 5.24. The van der Waals surface area contributed by atoms with Gasteiger partial charge in [0.1, 0.15) is 16.5 Å². The summed E-state index contributed by atoms with van der Waals surface area (Å²) in [7, 11) is -0.547. The van der Waals surface area contributed by atoms with Gasteiger partial charge in [-0.15, -0.1) is 0 Å². The molecule has 0 saturated heterocycles. The molecular formula is C21H23F3N2O3S. The zero-order chi connectivity index (χ0) is 22.1. The fraction of sp³-hybridized carbons (Fsp3) is 0.333. The molecule has 3 rings (SSSR count). The van der Waals surface area contributed by atoms with Crippen molar-refractivity contribution in [3.05, 3.63) is 65.5 Å². The number of rotatable bonds is 6. The predicted octanol–water partition coefficient (Wildman–Crippen LogP) is 3.55. The summed E-state index contributed by atoms with van der Waals surface area (Å²) in [6.45, 7) is 0.0249. The highest BCUT2D eigenvalue weighted by atomic mass is 32.2. The van der Waals surface area contributed by atoms with E-state index in [1.54, 1.807) is 12.1 Å². The summed E-state index contributed by atoms with van der Waals surface area (Å²) in [5, 5.41) is 4.90. The minimum Gasteiger partial charge on any atom is -0.490 e. The number of nitrogens with two attached hydrogens (primary N) is 1. The fourth-order valence-electron chi connectivity index (χ4n) is 3.78. The number of ether oxygens (including phenoxy) is 1. The van der Waals surface area contributed by atoms with E-state index >= 15 is 0 Å². The largest absolute Gasteiger partial charge is 0.490 e. The van der Waals surface area contributed by atoms with Gasteiger partial charge in [0, 0.05) is 24.1 Å². The summed E-state index contributed by atoms with van der Waals surface area (Å²) in [6, 6.07) is 7.35. The molecule has 1 aliphatic rings. The second kappa shape index (κ2) is 8.79. The molecule has 0 amide bonds. The van der Waals surface area contributed by atoms with Gasteiger partial charge in [0.25, 0.3) is 0 Å². The minimum absolute atomic E-state index is 0.0249. The van der Waals surface area contributed by atoms with E-state index in [9.17, 15) is 21.6 Å². The van der Waals surface area contributed by atoms with Gasteiger partial charge in [-0.3, -0.25) is 0 Å². The summed E-state index contributed by atoms with van der Waals surface area (Å²) in [5.41, 5.74) is 1.76. The van der Waals surface area contributed by atoms with Crippen molar-refractivity contribution in [3.63, 3.8) is 0 Å². The Morgan fingerprint density at radius 3 is 2.37 bits per heavy atom. The number of sulfonamides is 1. The Labute approximate surface area is 174 Å². The van der Waals surface area contributed by atoms with Crippen LogP contribution < -0.4 is 9.88 Å². The summed E-state index contributed by atoms with van der Waals surface area (Å²) in [5.74, 6) is -3.15. The number of allylic oxidation sites excluding steroid dienone is 1. The Kier molecular flexibility index (Phi) is 6.54. The Hall–Kier alpha value is -2.36. The smallest absolute Gasteiger partial charge is 0.241 e. The summed E-state index contributed by atoms with van der Waals surface area (Å²) in [6.07, 6.45) is 3.70. The van der Waals surface area contributed by atoms with E-state index in [4.69, 9.17) is 9.88 Å². The number of halogens is 3. The molecule has 0 saturated carbocycles. The lowest BCUT2D eigenvalue weighted by Gasteiger charge is -2.37. The summed E-state index contributed by atoms with van der Waals surface area (Å²) < 4.78 is 70.1. The van der Waals surface area contributed by atoms with Gasteiger partial charge in [-0.25, -0.2) is 26.7 Å². The van der Waals surface area contributed by atoms with E-state index in [0.717, 1.165) is 24.0 Å². The van der Waals surface area contributed by atoms with Crippen LogP contribution in [0.1, 0.15) is 18.4 Å². The average Bonchev–Trinajstić information content (AvgIpc) is 2.67. The van der Waals surface area contributed by atoms with Gasteiger partial charge in [0.15, 0.2) is 11.6 Å². The van der Waals surface area contributed by atoms with Crippen LogP contribution >= 0.6 is 0 Å². The predicted molar refractivity (Wildman–Crippen MR) is 108 cm³/mol. The molecule has 30 heavy (non-hydrogen) atoms. The van der Waals surface area contributed by atoms with E-state index in [0.29, 0.717) is 12.1 Å². The summed E-state index contributed by atoms with van der Waals surface area (Å²) >= 11 is 0. The van der Waals surface area contributed by atoms with Crippen molar-refractivity contribution in [2.75, 3.05) is 20.7 Å². The Bertz CT molecular complexity index is 1050. The average molecular weight is 440 g/mol. The fourth-order valence-corrected chi connectivity index (χ4v) is 4.38. The summed E-state index contributed by atoms with van der Waals surface area (Å²) in [4.78, 5) is 1.11. The molecule has 0 heterocycles. The Morgan fingerprint density at radius 1 is 1.10 bits per heavy atom. The second-order valence-corrected chi connectivity index (χ2v) is 8.98. The van der Waals surface area contributed by atoms with E-state index in [2.05, 4.69) is 0 Å². The van der Waals surface area contributed by atoms with Gasteiger partial charge in [-0.1, -0.05) is 18.2 Å². The zero-order valence-corrected chi connectivity index (χ0v) is 17.4. The monoisotopic (exact) mass is 440 g/mol. The highest BCUT2D eigenvalue weighted by molar-refractivity contribution is 7.89. The van der Waals surface area contributed by atoms with Crippen molar-refractivity contribution in [1.29, 1.82) is 0 Å². The van der Waals surface area contributed by atoms with Crippen LogP contribution in [0, 0.1) is 23.4 Å². The number of hydrogen-bond acceptors (Lipinski definition) is 4. The van der Waals surface area contributed by atoms with Gasteiger partial charge in [0.2, 0.25) is 10.0 Å². The zero-order valence-electron chi connectivity index (χ0n) is 16.6. The molecule has 0 spiro atoms. The molecule has 2 N–H and O–H groups in total. The van der Waals surface area contributed by atoms with Gasteiger partial charge >= 0.3 is 0 Å². The maximum Gasteiger partial charge on any atom is 0.241 e. The number of nitrogens with zero attached hydrogens (tertiary/aromatic N) is 1. The normalized spacial score (nSPS) is 19.6. The molecule has 2 aromatic carbocycles. The molecule has 0 bridgehead atoms. The van der Waals surface area contributed by atoms with E-state index in [1.165, 1.54) is 12.1 Å². The first-order chi connectivity index (χ1) is 14.1. The Balaban J connectivity index is 1.90. The van der Waals surface area contributed by atoms with Gasteiger partial charge in [-0.2, -0.15) is 0 Å². The van der Waals surface area contributed by atoms with E-state index in [1.807, 2.05) is 25.1 Å². The van der Waals surface area contributed by atoms with Crippen molar-refractivity contribution < 1.29 is 26.3 Å². The van der Waals surface area contributed by atoms with Crippen molar-refractivity contribution in [2.45, 2.75) is 23.8 Å². The van der Waals surface area contributed by atoms with Gasteiger partial charge < -0.3 is 9.64 Å². The number of primary sulfonamides is 1. The molecular weight excluding hydrogens is 417 g/mol. The van der Waals surface area contributed by atoms with Gasteiger partial charge in [-0.05, 0) is 50.2 Å². The molecule has 2 aromatic rings. The third-order valence-corrected chi connectivity index (χ3v) is 6.17. The molecule has 0 aromatic heterocycles. The highest BCUT2D eigenvalue weighted by Crippen LogP contribution is 2.36. The maximum atomic E-state index is 14.4. The van der Waals surface area contributed by atoms with Crippen molar-refractivity contribution in [1.82, 2.24) is 4.90 Å². The first-order valence-corrected chi connectivity index (χ1v) is 10.9. The van der Waals surface area contributed by atoms with Crippen LogP contribution in [0.3, 0.4) is 0 Å². The van der Waals surface area contributed by atoms with Gasteiger partial charge in [0.05, 0.1) is 6.61 Å². The standard InChI is InChI=1S/C21H23F3N2O3S/c1-26(2)19-5-3-4-15(13-6-8-14(22)9-7-13)16(19)12-29-20-10-18(24)21(11-17(20)23)30(25,27)28/h4,6-11,16,19H,3,5,12H2,1-2H3,(H2,25,27,28)/t16-,19?/m1/s1. The molecule has 5 nitrogen and oxygen atoms in total. The van der Waals surface area contributed by atoms with E-state index in [-0.39, 0.29) is 24.4 Å². The molecule has 0 radical (unpaired) electrons. The van der Waals surface area contributed by atoms with Crippen LogP contribution in [0.5, 0.6) is 5.75 Å². The SMILES string of the molecule is CN(C)C1CCC=C(c2ccc(F)cc2)[C@H]1COc1cc(F)c(S(N)(=O)=O)cc1F. The first kappa shape index (κ1) is 22.3. The number of benzene rings is 2. The molecule has 0 fully saturated rings. The number of hydrogen-bond donors (Lipinski definition) is 1. The van der Waals surface area contributed by atoms with Crippen molar-refractivity contribution in [3.8, 4) is 5.75 Å². The third kappa shape index (κ3) is 4.85. The minimum atomic E-state index is -4.39. The van der Waals surface area contributed by atoms with Crippen LogP contribution in [0.2, 0.25) is 0 Å². The quantitative estimate of drug-likeness (QED) is 0.746. The van der Waals surface area contributed by atoms with Crippen LogP contribution in [-0.2, 0) is 10.0 Å². The topological polar surface area (TPSA) is 72.6 Å². The molecule has 1 aliphatic carbocycles. The van der Waals surface area contributed by atoms with Crippen molar-refractivity contribution in [2.24, 2.45) is 11.1 Å². The lowest BCUT2D eigenvalue weighted by atomic mass is 9.80. The molecule has 1 unspecified atom stereocenters. The van der Waals surface area contributed by atoms with Crippen LogP contribution in [0.4, 0.5) is 13.2 Å². The lowest BCUT2D eigenvalue weighted by Crippen LogP contribution is -2.40. The second-order valence-electron chi connectivity index (χ2n) is 7.45. The van der Waals surface area contributed by atoms with Crippen LogP contribution in [-0.4, -0.2) is 40.1 Å². The highest BCUT2D eigenvalue weighted by Gasteiger charge is 2.31. The Morgan fingerprint density at radius 2 is 1.77 bits per heavy atom. The molecule has 162 valence electrons. The lowest BCUT2D eigenvalue weighted by molar-refractivity contribution is 0.164. The van der Waals surface area contributed by atoms with Crippen molar-refractivity contribution >= 4 is 15.6 Å². The first-order valence-electron chi connectivity index (χ1n) is 9.35. The van der Waals surface area contributed by atoms with Crippen LogP contribution in [0.25, 0.3) is 5.57 Å². The maximum absolute atomic E-state index is 14.4. The molecule has 2 atom stereocenters. The van der Waals surface area contributed by atoms with E-state index < -0.39 is 32.3 Å². The molecule has 9 heteroatoms. The molecule has 0 aliphatic heterocycles. The van der Waals surface area contributed by atoms with Crippen LogP contribution in [0.15, 0.2) is 47.4 Å².